The van der Waals surface area contributed by atoms with E-state index in [1.54, 1.807) is 6.07 Å². The van der Waals surface area contributed by atoms with Crippen molar-refractivity contribution in [3.05, 3.63) is 123 Å². The molecule has 170 valence electrons. The highest BCUT2D eigenvalue weighted by molar-refractivity contribution is 9.10. The fourth-order valence-electron chi connectivity index (χ4n) is 5.02. The van der Waals surface area contributed by atoms with Crippen molar-refractivity contribution < 1.29 is 9.90 Å². The molecule has 1 heterocycles. The number of carbonyl (C=O) groups is 1. The van der Waals surface area contributed by atoms with Gasteiger partial charge in [-0.05, 0) is 65.8 Å². The molecule has 3 nitrogen and oxygen atoms in total. The molecule has 0 spiro atoms. The summed E-state index contributed by atoms with van der Waals surface area (Å²) in [6.07, 6.45) is 0.845. The van der Waals surface area contributed by atoms with Crippen molar-refractivity contribution in [3.63, 3.8) is 0 Å². The lowest BCUT2D eigenvalue weighted by molar-refractivity contribution is 0.0697. The molecule has 5 rings (SSSR count). The lowest BCUT2D eigenvalue weighted by Gasteiger charge is -2.35. The van der Waals surface area contributed by atoms with Gasteiger partial charge in [-0.3, -0.25) is 0 Å². The monoisotopic (exact) mass is 511 g/mol. The summed E-state index contributed by atoms with van der Waals surface area (Å²) >= 11 is 3.54. The fourth-order valence-corrected chi connectivity index (χ4v) is 5.49. The van der Waals surface area contributed by atoms with E-state index in [0.29, 0.717) is 11.3 Å². The number of fused-ring (bicyclic) bond motifs is 1. The van der Waals surface area contributed by atoms with E-state index in [1.807, 2.05) is 18.2 Å². The Morgan fingerprint density at radius 1 is 0.882 bits per heavy atom. The number of nitrogens with one attached hydrogen (secondary N) is 1. The highest BCUT2D eigenvalue weighted by Crippen LogP contribution is 2.47. The van der Waals surface area contributed by atoms with Crippen molar-refractivity contribution in [2.75, 3.05) is 5.32 Å². The van der Waals surface area contributed by atoms with Crippen LogP contribution in [-0.2, 0) is 0 Å². The van der Waals surface area contributed by atoms with Crippen molar-refractivity contribution in [2.24, 2.45) is 0 Å². The summed E-state index contributed by atoms with van der Waals surface area (Å²) in [7, 11) is 0. The number of anilines is 1. The molecule has 4 aromatic rings. The van der Waals surface area contributed by atoms with Gasteiger partial charge in [0.25, 0.3) is 0 Å². The van der Waals surface area contributed by atoms with Crippen LogP contribution in [0, 0.1) is 13.8 Å². The summed E-state index contributed by atoms with van der Waals surface area (Å²) in [5, 5.41) is 13.6. The minimum absolute atomic E-state index is 0.00140. The second kappa shape index (κ2) is 9.11. The van der Waals surface area contributed by atoms with Gasteiger partial charge in [0.15, 0.2) is 0 Å². The highest BCUT2D eigenvalue weighted by Gasteiger charge is 2.32. The minimum Gasteiger partial charge on any atom is -0.478 e. The Morgan fingerprint density at radius 3 is 2.29 bits per heavy atom. The van der Waals surface area contributed by atoms with Crippen LogP contribution in [0.25, 0.3) is 11.1 Å². The Morgan fingerprint density at radius 2 is 1.59 bits per heavy atom. The SMILES string of the molecule is Cc1ccc(C)c([C@@H]2C[C@H](c3ccc(-c4ccccc4)cc3)Nc3c(C(=O)O)cc(Br)cc32)c1. The van der Waals surface area contributed by atoms with Gasteiger partial charge in [-0.15, -0.1) is 0 Å². The quantitative estimate of drug-likeness (QED) is 0.290. The average Bonchev–Trinajstić information content (AvgIpc) is 2.85. The first-order chi connectivity index (χ1) is 16.4. The van der Waals surface area contributed by atoms with E-state index in [9.17, 15) is 9.90 Å². The first-order valence-corrected chi connectivity index (χ1v) is 12.3. The predicted molar refractivity (Wildman–Crippen MR) is 142 cm³/mol. The van der Waals surface area contributed by atoms with Crippen LogP contribution in [0.4, 0.5) is 5.69 Å². The summed E-state index contributed by atoms with van der Waals surface area (Å²) in [6.45, 7) is 4.24. The molecule has 1 aliphatic rings. The molecule has 0 unspecified atom stereocenters. The zero-order valence-electron chi connectivity index (χ0n) is 19.2. The smallest absolute Gasteiger partial charge is 0.337 e. The molecule has 0 radical (unpaired) electrons. The molecule has 34 heavy (non-hydrogen) atoms. The number of benzene rings is 4. The summed E-state index contributed by atoms with van der Waals surface area (Å²) in [5.41, 5.74) is 9.22. The molecule has 0 aromatic heterocycles. The van der Waals surface area contributed by atoms with Crippen molar-refractivity contribution >= 4 is 27.6 Å². The van der Waals surface area contributed by atoms with E-state index in [-0.39, 0.29) is 12.0 Å². The first kappa shape index (κ1) is 22.4. The lowest BCUT2D eigenvalue weighted by atomic mass is 9.77. The van der Waals surface area contributed by atoms with Crippen LogP contribution in [0.3, 0.4) is 0 Å². The maximum Gasteiger partial charge on any atom is 0.337 e. The third kappa shape index (κ3) is 4.26. The van der Waals surface area contributed by atoms with Crippen LogP contribution >= 0.6 is 15.9 Å². The second-order valence-corrected chi connectivity index (χ2v) is 9.97. The number of hydrogen-bond donors (Lipinski definition) is 2. The summed E-state index contributed by atoms with van der Waals surface area (Å²) in [5.74, 6) is -0.838. The van der Waals surface area contributed by atoms with Gasteiger partial charge < -0.3 is 10.4 Å². The number of halogens is 1. The van der Waals surface area contributed by atoms with E-state index in [2.05, 4.69) is 95.8 Å². The van der Waals surface area contributed by atoms with Crippen molar-refractivity contribution in [2.45, 2.75) is 32.2 Å². The van der Waals surface area contributed by atoms with E-state index < -0.39 is 5.97 Å². The van der Waals surface area contributed by atoms with Gasteiger partial charge in [-0.2, -0.15) is 0 Å². The Balaban J connectivity index is 1.60. The summed E-state index contributed by atoms with van der Waals surface area (Å²) in [4.78, 5) is 12.2. The van der Waals surface area contributed by atoms with Crippen molar-refractivity contribution in [1.29, 1.82) is 0 Å². The van der Waals surface area contributed by atoms with Crippen LogP contribution < -0.4 is 5.32 Å². The summed E-state index contributed by atoms with van der Waals surface area (Å²) < 4.78 is 0.784. The van der Waals surface area contributed by atoms with E-state index in [0.717, 1.165) is 22.0 Å². The van der Waals surface area contributed by atoms with Gasteiger partial charge in [-0.25, -0.2) is 4.79 Å². The molecule has 2 N–H and O–H groups in total. The molecule has 0 amide bonds. The van der Waals surface area contributed by atoms with Crippen LogP contribution in [0.2, 0.25) is 0 Å². The lowest BCUT2D eigenvalue weighted by Crippen LogP contribution is -2.25. The fraction of sp³-hybridized carbons (Fsp3) is 0.167. The van der Waals surface area contributed by atoms with Crippen LogP contribution in [0.1, 0.15) is 56.6 Å². The standard InChI is InChI=1S/C30H26BrNO2/c1-18-8-9-19(2)24(14-18)25-17-28(32-29-26(25)15-23(31)16-27(29)30(33)34)22-12-10-21(11-13-22)20-6-4-3-5-7-20/h3-16,25,28,32H,17H2,1-2H3,(H,33,34)/t25-,28+/m0/s1. The molecule has 0 saturated carbocycles. The predicted octanol–water partition coefficient (Wildman–Crippen LogP) is 8.12. The number of hydrogen-bond acceptors (Lipinski definition) is 2. The van der Waals surface area contributed by atoms with Crippen LogP contribution in [-0.4, -0.2) is 11.1 Å². The summed E-state index contributed by atoms with van der Waals surface area (Å²) in [6, 6.07) is 29.2. The molecular weight excluding hydrogens is 486 g/mol. The normalized spacial score (nSPS) is 17.0. The molecule has 0 fully saturated rings. The molecule has 0 bridgehead atoms. The molecule has 4 heteroatoms. The molecule has 2 atom stereocenters. The van der Waals surface area contributed by atoms with Crippen LogP contribution in [0.15, 0.2) is 89.4 Å². The van der Waals surface area contributed by atoms with Gasteiger partial charge in [-0.1, -0.05) is 94.3 Å². The average molecular weight is 512 g/mol. The third-order valence-electron chi connectivity index (χ3n) is 6.76. The zero-order chi connectivity index (χ0) is 23.8. The first-order valence-electron chi connectivity index (χ1n) is 11.5. The van der Waals surface area contributed by atoms with Gasteiger partial charge in [0.05, 0.1) is 17.3 Å². The number of rotatable bonds is 4. The molecule has 0 aliphatic carbocycles. The molecule has 1 aliphatic heterocycles. The molecular formula is C30H26BrNO2. The zero-order valence-corrected chi connectivity index (χ0v) is 20.8. The largest absolute Gasteiger partial charge is 0.478 e. The maximum atomic E-state index is 12.2. The number of carboxylic acids is 1. The van der Waals surface area contributed by atoms with Crippen molar-refractivity contribution in [3.8, 4) is 11.1 Å². The van der Waals surface area contributed by atoms with E-state index in [4.69, 9.17) is 0 Å². The third-order valence-corrected chi connectivity index (χ3v) is 7.22. The van der Waals surface area contributed by atoms with Crippen LogP contribution in [0.5, 0.6) is 0 Å². The van der Waals surface area contributed by atoms with E-state index in [1.165, 1.54) is 27.8 Å². The Bertz CT molecular complexity index is 1360. The van der Waals surface area contributed by atoms with Gasteiger partial charge in [0, 0.05) is 10.4 Å². The van der Waals surface area contributed by atoms with E-state index >= 15 is 0 Å². The Labute approximate surface area is 208 Å². The number of carboxylic acid groups (broad SMARTS) is 1. The second-order valence-electron chi connectivity index (χ2n) is 9.06. The van der Waals surface area contributed by atoms with Gasteiger partial charge in [0.1, 0.15) is 0 Å². The Hall–Kier alpha value is -3.37. The van der Waals surface area contributed by atoms with Gasteiger partial charge in [0.2, 0.25) is 0 Å². The van der Waals surface area contributed by atoms with Crippen molar-refractivity contribution in [1.82, 2.24) is 0 Å². The minimum atomic E-state index is -0.926. The maximum absolute atomic E-state index is 12.2. The molecule has 0 saturated heterocycles. The number of aromatic carboxylic acids is 1. The Kier molecular flexibility index (Phi) is 6.01. The topological polar surface area (TPSA) is 49.3 Å². The molecule has 4 aromatic carbocycles. The van der Waals surface area contributed by atoms with Gasteiger partial charge >= 0.3 is 5.97 Å². The number of aryl methyl sites for hydroxylation is 2. The highest BCUT2D eigenvalue weighted by atomic mass is 79.9.